The SMILES string of the molecule is CN(CC1(N(C)C)CCC1)C(=O)CSC1CCNCC1. The average Bonchev–Trinajstić information content (AvgIpc) is 2.40. The molecule has 20 heavy (non-hydrogen) atoms. The minimum absolute atomic E-state index is 0.240. The molecular weight excluding hydrogens is 270 g/mol. The summed E-state index contributed by atoms with van der Waals surface area (Å²) in [6, 6.07) is 0. The highest BCUT2D eigenvalue weighted by Crippen LogP contribution is 2.36. The van der Waals surface area contributed by atoms with E-state index in [0.717, 1.165) is 19.6 Å². The molecule has 0 aromatic rings. The van der Waals surface area contributed by atoms with Crippen molar-refractivity contribution in [2.24, 2.45) is 0 Å². The van der Waals surface area contributed by atoms with Crippen molar-refractivity contribution in [1.29, 1.82) is 0 Å². The fraction of sp³-hybridized carbons (Fsp3) is 0.933. The maximum absolute atomic E-state index is 12.3. The van der Waals surface area contributed by atoms with Crippen LogP contribution in [0.1, 0.15) is 32.1 Å². The number of piperidine rings is 1. The highest BCUT2D eigenvalue weighted by molar-refractivity contribution is 8.00. The fourth-order valence-electron chi connectivity index (χ4n) is 3.12. The van der Waals surface area contributed by atoms with Crippen molar-refractivity contribution in [2.45, 2.75) is 42.9 Å². The molecule has 0 unspecified atom stereocenters. The van der Waals surface area contributed by atoms with E-state index in [9.17, 15) is 4.79 Å². The van der Waals surface area contributed by atoms with Crippen molar-refractivity contribution in [3.8, 4) is 0 Å². The summed E-state index contributed by atoms with van der Waals surface area (Å²) in [5.41, 5.74) is 0.240. The van der Waals surface area contributed by atoms with Crippen molar-refractivity contribution >= 4 is 17.7 Å². The molecule has 0 bridgehead atoms. The van der Waals surface area contributed by atoms with Gasteiger partial charge in [0, 0.05) is 24.4 Å². The van der Waals surface area contributed by atoms with Crippen molar-refractivity contribution in [1.82, 2.24) is 15.1 Å². The second-order valence-electron chi connectivity index (χ2n) is 6.48. The monoisotopic (exact) mass is 299 g/mol. The zero-order valence-electron chi connectivity index (χ0n) is 13.2. The lowest BCUT2D eigenvalue weighted by Gasteiger charge is -2.49. The summed E-state index contributed by atoms with van der Waals surface area (Å²) < 4.78 is 0. The summed E-state index contributed by atoms with van der Waals surface area (Å²) >= 11 is 1.85. The number of carbonyl (C=O) groups excluding carboxylic acids is 1. The van der Waals surface area contributed by atoms with Gasteiger partial charge in [-0.15, -0.1) is 11.8 Å². The van der Waals surface area contributed by atoms with Gasteiger partial charge in [-0.2, -0.15) is 0 Å². The Morgan fingerprint density at radius 3 is 2.40 bits per heavy atom. The van der Waals surface area contributed by atoms with Gasteiger partial charge in [0.15, 0.2) is 0 Å². The number of nitrogens with one attached hydrogen (secondary N) is 1. The van der Waals surface area contributed by atoms with Crippen LogP contribution in [0.25, 0.3) is 0 Å². The van der Waals surface area contributed by atoms with Crippen molar-refractivity contribution in [3.63, 3.8) is 0 Å². The maximum Gasteiger partial charge on any atom is 0.232 e. The molecule has 2 fully saturated rings. The third-order valence-electron chi connectivity index (χ3n) is 4.92. The van der Waals surface area contributed by atoms with Crippen LogP contribution in [0.5, 0.6) is 0 Å². The topological polar surface area (TPSA) is 35.6 Å². The molecule has 116 valence electrons. The first kappa shape index (κ1) is 16.1. The van der Waals surface area contributed by atoms with Crippen molar-refractivity contribution in [2.75, 3.05) is 46.5 Å². The number of hydrogen-bond donors (Lipinski definition) is 1. The first-order valence-electron chi connectivity index (χ1n) is 7.77. The Morgan fingerprint density at radius 1 is 1.25 bits per heavy atom. The minimum atomic E-state index is 0.240. The van der Waals surface area contributed by atoms with E-state index in [0.29, 0.717) is 16.9 Å². The molecule has 2 rings (SSSR count). The van der Waals surface area contributed by atoms with Crippen molar-refractivity contribution in [3.05, 3.63) is 0 Å². The molecule has 1 aliphatic carbocycles. The molecule has 1 amide bonds. The zero-order valence-corrected chi connectivity index (χ0v) is 14.0. The lowest BCUT2D eigenvalue weighted by Crippen LogP contribution is -2.57. The number of thioether (sulfide) groups is 1. The van der Waals surface area contributed by atoms with Gasteiger partial charge in [-0.3, -0.25) is 4.79 Å². The van der Waals surface area contributed by atoms with E-state index in [1.165, 1.54) is 32.1 Å². The van der Waals surface area contributed by atoms with E-state index in [1.807, 2.05) is 23.7 Å². The Labute approximate surface area is 127 Å². The van der Waals surface area contributed by atoms with E-state index in [2.05, 4.69) is 24.3 Å². The van der Waals surface area contributed by atoms with Crippen LogP contribution in [0.2, 0.25) is 0 Å². The number of rotatable bonds is 6. The molecule has 4 nitrogen and oxygen atoms in total. The Bertz CT molecular complexity index is 325. The van der Waals surface area contributed by atoms with Crippen LogP contribution in [0.3, 0.4) is 0 Å². The number of amides is 1. The molecule has 0 atom stereocenters. The molecule has 5 heteroatoms. The summed E-state index contributed by atoms with van der Waals surface area (Å²) in [6.07, 6.45) is 6.13. The van der Waals surface area contributed by atoms with E-state index in [-0.39, 0.29) is 5.54 Å². The quantitative estimate of drug-likeness (QED) is 0.804. The lowest BCUT2D eigenvalue weighted by atomic mass is 9.75. The highest BCUT2D eigenvalue weighted by atomic mass is 32.2. The maximum atomic E-state index is 12.3. The lowest BCUT2D eigenvalue weighted by molar-refractivity contribution is -0.129. The van der Waals surface area contributed by atoms with Gasteiger partial charge in [-0.1, -0.05) is 0 Å². The largest absolute Gasteiger partial charge is 0.343 e. The van der Waals surface area contributed by atoms with Crippen LogP contribution in [0.4, 0.5) is 0 Å². The number of nitrogens with zero attached hydrogens (tertiary/aromatic N) is 2. The second-order valence-corrected chi connectivity index (χ2v) is 7.77. The predicted octanol–water partition coefficient (Wildman–Crippen LogP) is 1.41. The molecule has 0 aromatic carbocycles. The summed E-state index contributed by atoms with van der Waals surface area (Å²) in [7, 11) is 6.25. The third kappa shape index (κ3) is 3.89. The van der Waals surface area contributed by atoms with Gasteiger partial charge in [0.2, 0.25) is 5.91 Å². The number of hydrogen-bond acceptors (Lipinski definition) is 4. The molecule has 1 saturated carbocycles. The Morgan fingerprint density at radius 2 is 1.90 bits per heavy atom. The third-order valence-corrected chi connectivity index (χ3v) is 6.28. The Kier molecular flexibility index (Phi) is 5.75. The molecule has 0 aromatic heterocycles. The smallest absolute Gasteiger partial charge is 0.232 e. The van der Waals surface area contributed by atoms with E-state index in [1.54, 1.807) is 0 Å². The van der Waals surface area contributed by atoms with Gasteiger partial charge in [0.1, 0.15) is 0 Å². The minimum Gasteiger partial charge on any atom is -0.343 e. The molecule has 1 aliphatic heterocycles. The van der Waals surface area contributed by atoms with Crippen LogP contribution in [-0.4, -0.2) is 73.0 Å². The summed E-state index contributed by atoms with van der Waals surface area (Å²) in [6.45, 7) is 3.09. The van der Waals surface area contributed by atoms with Crippen LogP contribution >= 0.6 is 11.8 Å². The first-order chi connectivity index (χ1) is 9.53. The number of likely N-dealkylation sites (N-methyl/N-ethyl adjacent to an activating group) is 2. The van der Waals surface area contributed by atoms with Gasteiger partial charge in [0.25, 0.3) is 0 Å². The molecule has 0 radical (unpaired) electrons. The van der Waals surface area contributed by atoms with Crippen LogP contribution in [0.15, 0.2) is 0 Å². The van der Waals surface area contributed by atoms with Gasteiger partial charge in [-0.05, 0) is 59.3 Å². The van der Waals surface area contributed by atoms with Crippen LogP contribution < -0.4 is 5.32 Å². The van der Waals surface area contributed by atoms with Gasteiger partial charge in [0.05, 0.1) is 5.75 Å². The van der Waals surface area contributed by atoms with Crippen LogP contribution in [-0.2, 0) is 4.79 Å². The standard InChI is InChI=1S/C15H29N3OS/c1-17(2)15(7-4-8-15)12-18(3)14(19)11-20-13-5-9-16-10-6-13/h13,16H,4-12H2,1-3H3. The van der Waals surface area contributed by atoms with Crippen molar-refractivity contribution < 1.29 is 4.79 Å². The Balaban J connectivity index is 1.74. The summed E-state index contributed by atoms with van der Waals surface area (Å²) in [5, 5.41) is 4.04. The van der Waals surface area contributed by atoms with Gasteiger partial charge < -0.3 is 15.1 Å². The van der Waals surface area contributed by atoms with Gasteiger partial charge >= 0.3 is 0 Å². The molecule has 2 aliphatic rings. The molecular formula is C15H29N3OS. The fourth-order valence-corrected chi connectivity index (χ4v) is 4.29. The van der Waals surface area contributed by atoms with E-state index in [4.69, 9.17) is 0 Å². The first-order valence-corrected chi connectivity index (χ1v) is 8.82. The average molecular weight is 299 g/mol. The molecule has 1 saturated heterocycles. The predicted molar refractivity (Wildman–Crippen MR) is 86.3 cm³/mol. The molecule has 1 heterocycles. The highest BCUT2D eigenvalue weighted by Gasteiger charge is 2.40. The summed E-state index contributed by atoms with van der Waals surface area (Å²) in [5.74, 6) is 0.937. The zero-order chi connectivity index (χ0) is 14.6. The molecule has 1 N–H and O–H groups in total. The molecule has 0 spiro atoms. The van der Waals surface area contributed by atoms with E-state index < -0.39 is 0 Å². The van der Waals surface area contributed by atoms with Crippen LogP contribution in [0, 0.1) is 0 Å². The second kappa shape index (κ2) is 7.14. The van der Waals surface area contributed by atoms with E-state index >= 15 is 0 Å². The summed E-state index contributed by atoms with van der Waals surface area (Å²) in [4.78, 5) is 16.6. The van der Waals surface area contributed by atoms with Gasteiger partial charge in [-0.25, -0.2) is 0 Å². The number of carbonyl (C=O) groups is 1. The normalized spacial score (nSPS) is 22.6. The Hall–Kier alpha value is -0.260.